The molecule has 1 N–H and O–H groups in total. The molecule has 0 unspecified atom stereocenters. The maximum Gasteiger partial charge on any atom is 0.224 e. The molecule has 0 aromatic carbocycles. The third-order valence-electron chi connectivity index (χ3n) is 3.29. The monoisotopic (exact) mass is 271 g/mol. The standard InChI is InChI=1S/C12H18ClN3S/c1-8-7-14-12(13)16-11(8)15-9-3-5-10(17-2)6-4-9/h7,9-10H,3-6H2,1-2H3,(H,14,15,16). The summed E-state index contributed by atoms with van der Waals surface area (Å²) in [5, 5.41) is 4.64. The highest BCUT2D eigenvalue weighted by Crippen LogP contribution is 2.28. The molecule has 0 saturated heterocycles. The van der Waals surface area contributed by atoms with Crippen molar-refractivity contribution >= 4 is 29.2 Å². The number of nitrogens with one attached hydrogen (secondary N) is 1. The van der Waals surface area contributed by atoms with Gasteiger partial charge in [-0.3, -0.25) is 0 Å². The molecule has 2 rings (SSSR count). The van der Waals surface area contributed by atoms with Gasteiger partial charge in [0.15, 0.2) is 0 Å². The van der Waals surface area contributed by atoms with E-state index in [1.54, 1.807) is 6.20 Å². The molecule has 5 heteroatoms. The lowest BCUT2D eigenvalue weighted by atomic mass is 9.95. The van der Waals surface area contributed by atoms with E-state index in [4.69, 9.17) is 11.6 Å². The molecule has 1 aliphatic carbocycles. The Morgan fingerprint density at radius 2 is 2.06 bits per heavy atom. The van der Waals surface area contributed by atoms with Crippen molar-refractivity contribution in [3.63, 3.8) is 0 Å². The zero-order chi connectivity index (χ0) is 12.3. The van der Waals surface area contributed by atoms with Crippen LogP contribution in [-0.2, 0) is 0 Å². The van der Waals surface area contributed by atoms with Crippen LogP contribution in [0.1, 0.15) is 31.2 Å². The minimum absolute atomic E-state index is 0.316. The van der Waals surface area contributed by atoms with Crippen LogP contribution >= 0.6 is 23.4 Å². The SMILES string of the molecule is CSC1CCC(Nc2nc(Cl)ncc2C)CC1. The summed E-state index contributed by atoms with van der Waals surface area (Å²) in [4.78, 5) is 8.21. The lowest BCUT2D eigenvalue weighted by Crippen LogP contribution is -2.27. The smallest absolute Gasteiger partial charge is 0.224 e. The predicted molar refractivity (Wildman–Crippen MR) is 75.0 cm³/mol. The van der Waals surface area contributed by atoms with Crippen LogP contribution in [0.5, 0.6) is 0 Å². The van der Waals surface area contributed by atoms with E-state index in [0.29, 0.717) is 11.3 Å². The lowest BCUT2D eigenvalue weighted by molar-refractivity contribution is 0.472. The van der Waals surface area contributed by atoms with Crippen LogP contribution in [0.15, 0.2) is 6.20 Å². The Morgan fingerprint density at radius 1 is 1.35 bits per heavy atom. The summed E-state index contributed by atoms with van der Waals surface area (Å²) in [7, 11) is 0. The molecule has 1 fully saturated rings. The van der Waals surface area contributed by atoms with Gasteiger partial charge in [-0.2, -0.15) is 11.8 Å². The first-order chi connectivity index (χ1) is 8.19. The largest absolute Gasteiger partial charge is 0.367 e. The first kappa shape index (κ1) is 13.0. The summed E-state index contributed by atoms with van der Waals surface area (Å²) < 4.78 is 0. The molecule has 0 bridgehead atoms. The Labute approximate surface area is 112 Å². The maximum absolute atomic E-state index is 5.81. The number of hydrogen-bond acceptors (Lipinski definition) is 4. The molecular formula is C12H18ClN3S. The van der Waals surface area contributed by atoms with E-state index < -0.39 is 0 Å². The van der Waals surface area contributed by atoms with Crippen LogP contribution in [0.4, 0.5) is 5.82 Å². The second kappa shape index (κ2) is 5.91. The summed E-state index contributed by atoms with van der Waals surface area (Å²) >= 11 is 7.80. The molecule has 0 spiro atoms. The number of aromatic nitrogens is 2. The third kappa shape index (κ3) is 3.49. The fourth-order valence-electron chi connectivity index (χ4n) is 2.20. The van der Waals surface area contributed by atoms with Gasteiger partial charge in [-0.25, -0.2) is 9.97 Å². The van der Waals surface area contributed by atoms with E-state index in [-0.39, 0.29) is 0 Å². The zero-order valence-electron chi connectivity index (χ0n) is 10.2. The topological polar surface area (TPSA) is 37.8 Å². The fourth-order valence-corrected chi connectivity index (χ4v) is 3.08. The average Bonchev–Trinajstić information content (AvgIpc) is 2.35. The summed E-state index contributed by atoms with van der Waals surface area (Å²) in [6, 6.07) is 0.531. The van der Waals surface area contributed by atoms with Gasteiger partial charge in [0.05, 0.1) is 0 Å². The first-order valence-corrected chi connectivity index (χ1v) is 7.64. The van der Waals surface area contributed by atoms with Crippen molar-refractivity contribution < 1.29 is 0 Å². The molecule has 94 valence electrons. The number of nitrogens with zero attached hydrogens (tertiary/aromatic N) is 2. The summed E-state index contributed by atoms with van der Waals surface area (Å²) in [6.07, 6.45) is 8.98. The Bertz CT molecular complexity index is 378. The number of hydrogen-bond donors (Lipinski definition) is 1. The van der Waals surface area contributed by atoms with Crippen LogP contribution in [0, 0.1) is 6.92 Å². The Morgan fingerprint density at radius 3 is 2.71 bits per heavy atom. The van der Waals surface area contributed by atoms with Gasteiger partial charge in [-0.15, -0.1) is 0 Å². The van der Waals surface area contributed by atoms with Gasteiger partial charge in [0.25, 0.3) is 0 Å². The Balaban J connectivity index is 1.95. The molecule has 1 saturated carbocycles. The highest BCUT2D eigenvalue weighted by Gasteiger charge is 2.21. The van der Waals surface area contributed by atoms with Crippen LogP contribution in [0.25, 0.3) is 0 Å². The predicted octanol–water partition coefficient (Wildman–Crippen LogP) is 3.52. The number of rotatable bonds is 3. The van der Waals surface area contributed by atoms with Gasteiger partial charge in [0, 0.05) is 23.1 Å². The van der Waals surface area contributed by atoms with Gasteiger partial charge < -0.3 is 5.32 Å². The average molecular weight is 272 g/mol. The molecule has 1 aromatic heterocycles. The van der Waals surface area contributed by atoms with Gasteiger partial charge in [-0.05, 0) is 50.5 Å². The van der Waals surface area contributed by atoms with E-state index in [0.717, 1.165) is 16.6 Å². The summed E-state index contributed by atoms with van der Waals surface area (Å²) in [5.41, 5.74) is 1.06. The molecule has 1 aromatic rings. The number of aryl methyl sites for hydroxylation is 1. The molecule has 3 nitrogen and oxygen atoms in total. The van der Waals surface area contributed by atoms with Crippen molar-refractivity contribution in [2.45, 2.75) is 43.9 Å². The van der Waals surface area contributed by atoms with E-state index >= 15 is 0 Å². The van der Waals surface area contributed by atoms with Gasteiger partial charge in [-0.1, -0.05) is 0 Å². The van der Waals surface area contributed by atoms with Gasteiger partial charge in [0.2, 0.25) is 5.28 Å². The van der Waals surface area contributed by atoms with Crippen LogP contribution < -0.4 is 5.32 Å². The minimum Gasteiger partial charge on any atom is -0.367 e. The van der Waals surface area contributed by atoms with Crippen molar-refractivity contribution in [1.29, 1.82) is 0 Å². The number of anilines is 1. The van der Waals surface area contributed by atoms with Crippen molar-refractivity contribution in [2.24, 2.45) is 0 Å². The quantitative estimate of drug-likeness (QED) is 0.854. The molecule has 17 heavy (non-hydrogen) atoms. The second-order valence-corrected chi connectivity index (χ2v) is 6.00. The van der Waals surface area contributed by atoms with E-state index in [9.17, 15) is 0 Å². The Kier molecular flexibility index (Phi) is 4.51. The molecule has 0 radical (unpaired) electrons. The van der Waals surface area contributed by atoms with Crippen molar-refractivity contribution in [2.75, 3.05) is 11.6 Å². The highest BCUT2D eigenvalue weighted by atomic mass is 35.5. The molecule has 0 amide bonds. The van der Waals surface area contributed by atoms with Crippen molar-refractivity contribution in [3.05, 3.63) is 17.0 Å². The zero-order valence-corrected chi connectivity index (χ0v) is 11.8. The summed E-state index contributed by atoms with van der Waals surface area (Å²) in [6.45, 7) is 2.01. The van der Waals surface area contributed by atoms with Crippen molar-refractivity contribution in [3.8, 4) is 0 Å². The lowest BCUT2D eigenvalue weighted by Gasteiger charge is -2.28. The van der Waals surface area contributed by atoms with E-state index in [1.165, 1.54) is 25.7 Å². The van der Waals surface area contributed by atoms with E-state index in [1.807, 2.05) is 18.7 Å². The van der Waals surface area contributed by atoms with Crippen LogP contribution in [0.3, 0.4) is 0 Å². The molecule has 1 aliphatic rings. The van der Waals surface area contributed by atoms with Crippen molar-refractivity contribution in [1.82, 2.24) is 9.97 Å². The normalized spacial score (nSPS) is 24.6. The molecular weight excluding hydrogens is 254 g/mol. The molecule has 0 aliphatic heterocycles. The molecule has 0 atom stereocenters. The first-order valence-electron chi connectivity index (χ1n) is 5.97. The van der Waals surface area contributed by atoms with E-state index in [2.05, 4.69) is 21.5 Å². The number of halogens is 1. The van der Waals surface area contributed by atoms with Crippen LogP contribution in [0.2, 0.25) is 5.28 Å². The maximum atomic E-state index is 5.81. The fraction of sp³-hybridized carbons (Fsp3) is 0.667. The number of thioether (sulfide) groups is 1. The van der Waals surface area contributed by atoms with Gasteiger partial charge in [0.1, 0.15) is 5.82 Å². The van der Waals surface area contributed by atoms with Crippen LogP contribution in [-0.4, -0.2) is 27.5 Å². The minimum atomic E-state index is 0.316. The van der Waals surface area contributed by atoms with Gasteiger partial charge >= 0.3 is 0 Å². The molecule has 1 heterocycles. The third-order valence-corrected chi connectivity index (χ3v) is 4.61. The summed E-state index contributed by atoms with van der Waals surface area (Å²) in [5.74, 6) is 0.887. The highest BCUT2D eigenvalue weighted by molar-refractivity contribution is 7.99. The second-order valence-electron chi connectivity index (χ2n) is 4.52. The Hall–Kier alpha value is -0.480.